The summed E-state index contributed by atoms with van der Waals surface area (Å²) in [5.41, 5.74) is 9.82. The number of aryl methyl sites for hydroxylation is 1. The minimum Gasteiger partial charge on any atom is -0.397 e. The highest BCUT2D eigenvalue weighted by Gasteiger charge is 2.01. The van der Waals surface area contributed by atoms with Crippen LogP contribution in [0.15, 0.2) is 42.6 Å². The third kappa shape index (κ3) is 2.31. The SMILES string of the molecule is Cc1cccc(N)c1NCc1ccccn1. The zero-order valence-electron chi connectivity index (χ0n) is 9.27. The number of para-hydroxylation sites is 1. The molecule has 3 nitrogen and oxygen atoms in total. The molecule has 1 heterocycles. The lowest BCUT2D eigenvalue weighted by atomic mass is 10.1. The maximum absolute atomic E-state index is 5.90. The second-order valence-corrected chi connectivity index (χ2v) is 3.71. The van der Waals surface area contributed by atoms with Crippen LogP contribution >= 0.6 is 0 Å². The first kappa shape index (κ1) is 10.5. The van der Waals surface area contributed by atoms with Crippen molar-refractivity contribution in [3.63, 3.8) is 0 Å². The molecule has 0 fully saturated rings. The lowest BCUT2D eigenvalue weighted by Crippen LogP contribution is -2.05. The summed E-state index contributed by atoms with van der Waals surface area (Å²) in [4.78, 5) is 4.25. The highest BCUT2D eigenvalue weighted by molar-refractivity contribution is 5.69. The molecule has 2 aromatic rings. The van der Waals surface area contributed by atoms with Crippen LogP contribution in [0.25, 0.3) is 0 Å². The van der Waals surface area contributed by atoms with Crippen LogP contribution in [0.4, 0.5) is 11.4 Å². The molecule has 0 amide bonds. The fourth-order valence-corrected chi connectivity index (χ4v) is 1.61. The number of nitrogen functional groups attached to an aromatic ring is 1. The molecular weight excluding hydrogens is 198 g/mol. The molecule has 3 heteroatoms. The lowest BCUT2D eigenvalue weighted by molar-refractivity contribution is 1.04. The first-order chi connectivity index (χ1) is 7.77. The Kier molecular flexibility index (Phi) is 3.05. The second-order valence-electron chi connectivity index (χ2n) is 3.71. The number of pyridine rings is 1. The summed E-state index contributed by atoms with van der Waals surface area (Å²) in [7, 11) is 0. The van der Waals surface area contributed by atoms with E-state index in [9.17, 15) is 0 Å². The highest BCUT2D eigenvalue weighted by Crippen LogP contribution is 2.22. The van der Waals surface area contributed by atoms with E-state index in [1.165, 1.54) is 0 Å². The van der Waals surface area contributed by atoms with Gasteiger partial charge in [-0.1, -0.05) is 18.2 Å². The number of benzene rings is 1. The van der Waals surface area contributed by atoms with Gasteiger partial charge >= 0.3 is 0 Å². The van der Waals surface area contributed by atoms with E-state index < -0.39 is 0 Å². The number of rotatable bonds is 3. The topological polar surface area (TPSA) is 50.9 Å². The molecule has 2 rings (SSSR count). The standard InChI is InChI=1S/C13H15N3/c1-10-5-4-7-12(14)13(10)16-9-11-6-2-3-8-15-11/h2-8,16H,9,14H2,1H3. The molecule has 0 bridgehead atoms. The van der Waals surface area contributed by atoms with Gasteiger partial charge in [0.25, 0.3) is 0 Å². The monoisotopic (exact) mass is 213 g/mol. The van der Waals surface area contributed by atoms with Crippen LogP contribution in [-0.4, -0.2) is 4.98 Å². The number of aromatic nitrogens is 1. The number of nitrogens with zero attached hydrogens (tertiary/aromatic N) is 1. The van der Waals surface area contributed by atoms with Gasteiger partial charge < -0.3 is 11.1 Å². The van der Waals surface area contributed by atoms with Crippen molar-refractivity contribution in [3.05, 3.63) is 53.9 Å². The second kappa shape index (κ2) is 4.66. The minimum atomic E-state index is 0.690. The Bertz CT molecular complexity index is 446. The summed E-state index contributed by atoms with van der Waals surface area (Å²) < 4.78 is 0. The number of nitrogens with two attached hydrogens (primary N) is 1. The van der Waals surface area contributed by atoms with Gasteiger partial charge in [-0.3, -0.25) is 4.98 Å². The molecule has 0 unspecified atom stereocenters. The van der Waals surface area contributed by atoms with Gasteiger partial charge in [-0.25, -0.2) is 0 Å². The first-order valence-electron chi connectivity index (χ1n) is 5.26. The van der Waals surface area contributed by atoms with Crippen molar-refractivity contribution in [2.45, 2.75) is 13.5 Å². The molecule has 1 aromatic carbocycles. The molecule has 3 N–H and O–H groups in total. The van der Waals surface area contributed by atoms with Crippen LogP contribution in [0.1, 0.15) is 11.3 Å². The molecule has 0 saturated carbocycles. The summed E-state index contributed by atoms with van der Waals surface area (Å²) in [6, 6.07) is 11.8. The molecule has 0 aliphatic heterocycles. The third-order valence-corrected chi connectivity index (χ3v) is 2.48. The summed E-state index contributed by atoms with van der Waals surface area (Å²) in [5, 5.41) is 3.31. The Labute approximate surface area is 95.3 Å². The third-order valence-electron chi connectivity index (χ3n) is 2.48. The Balaban J connectivity index is 2.11. The molecule has 82 valence electrons. The fourth-order valence-electron chi connectivity index (χ4n) is 1.61. The van der Waals surface area contributed by atoms with Gasteiger partial charge in [0.05, 0.1) is 23.6 Å². The number of anilines is 2. The quantitative estimate of drug-likeness (QED) is 0.770. The molecule has 0 aliphatic rings. The van der Waals surface area contributed by atoms with Gasteiger partial charge in [-0.2, -0.15) is 0 Å². The van der Waals surface area contributed by atoms with Crippen LogP contribution < -0.4 is 11.1 Å². The van der Waals surface area contributed by atoms with Crippen LogP contribution in [0, 0.1) is 6.92 Å². The number of hydrogen-bond donors (Lipinski definition) is 2. The zero-order valence-corrected chi connectivity index (χ0v) is 9.27. The number of nitrogens with one attached hydrogen (secondary N) is 1. The zero-order chi connectivity index (χ0) is 11.4. The van der Waals surface area contributed by atoms with Gasteiger partial charge in [0.15, 0.2) is 0 Å². The van der Waals surface area contributed by atoms with Gasteiger partial charge in [-0.15, -0.1) is 0 Å². The average Bonchev–Trinajstić information content (AvgIpc) is 2.30. The van der Waals surface area contributed by atoms with Gasteiger partial charge in [-0.05, 0) is 30.7 Å². The normalized spacial score (nSPS) is 10.1. The van der Waals surface area contributed by atoms with E-state index in [0.29, 0.717) is 6.54 Å². The molecule has 0 radical (unpaired) electrons. The van der Waals surface area contributed by atoms with E-state index in [-0.39, 0.29) is 0 Å². The lowest BCUT2D eigenvalue weighted by Gasteiger charge is -2.11. The molecule has 0 atom stereocenters. The van der Waals surface area contributed by atoms with E-state index in [2.05, 4.69) is 10.3 Å². The maximum Gasteiger partial charge on any atom is 0.0606 e. The average molecular weight is 213 g/mol. The Morgan fingerprint density at radius 3 is 2.75 bits per heavy atom. The van der Waals surface area contributed by atoms with Gasteiger partial charge in [0, 0.05) is 6.20 Å². The van der Waals surface area contributed by atoms with Crippen molar-refractivity contribution in [2.24, 2.45) is 0 Å². The minimum absolute atomic E-state index is 0.690. The first-order valence-corrected chi connectivity index (χ1v) is 5.26. The van der Waals surface area contributed by atoms with Gasteiger partial charge in [0.2, 0.25) is 0 Å². The van der Waals surface area contributed by atoms with E-state index >= 15 is 0 Å². The predicted molar refractivity (Wildman–Crippen MR) is 67.2 cm³/mol. The summed E-state index contributed by atoms with van der Waals surface area (Å²) in [6.07, 6.45) is 1.79. The van der Waals surface area contributed by atoms with Crippen molar-refractivity contribution in [3.8, 4) is 0 Å². The van der Waals surface area contributed by atoms with Crippen LogP contribution in [0.3, 0.4) is 0 Å². The molecule has 0 spiro atoms. The molecule has 0 aliphatic carbocycles. The van der Waals surface area contributed by atoms with E-state index in [1.807, 2.05) is 43.3 Å². The van der Waals surface area contributed by atoms with Crippen molar-refractivity contribution >= 4 is 11.4 Å². The van der Waals surface area contributed by atoms with E-state index in [4.69, 9.17) is 5.73 Å². The number of hydrogen-bond acceptors (Lipinski definition) is 3. The Morgan fingerprint density at radius 2 is 2.06 bits per heavy atom. The molecule has 16 heavy (non-hydrogen) atoms. The summed E-state index contributed by atoms with van der Waals surface area (Å²) in [5.74, 6) is 0. The Morgan fingerprint density at radius 1 is 1.19 bits per heavy atom. The van der Waals surface area contributed by atoms with Crippen molar-refractivity contribution in [1.29, 1.82) is 0 Å². The molecule has 1 aromatic heterocycles. The van der Waals surface area contributed by atoms with Crippen LogP contribution in [0.5, 0.6) is 0 Å². The van der Waals surface area contributed by atoms with Crippen molar-refractivity contribution < 1.29 is 0 Å². The van der Waals surface area contributed by atoms with E-state index in [1.54, 1.807) is 6.20 Å². The Hall–Kier alpha value is -2.03. The van der Waals surface area contributed by atoms with Crippen molar-refractivity contribution in [1.82, 2.24) is 4.98 Å². The summed E-state index contributed by atoms with van der Waals surface area (Å²) in [6.45, 7) is 2.73. The van der Waals surface area contributed by atoms with Gasteiger partial charge in [0.1, 0.15) is 0 Å². The highest BCUT2D eigenvalue weighted by atomic mass is 14.9. The largest absolute Gasteiger partial charge is 0.397 e. The molecule has 0 saturated heterocycles. The van der Waals surface area contributed by atoms with Crippen LogP contribution in [0.2, 0.25) is 0 Å². The summed E-state index contributed by atoms with van der Waals surface area (Å²) >= 11 is 0. The predicted octanol–water partition coefficient (Wildman–Crippen LogP) is 2.58. The van der Waals surface area contributed by atoms with Crippen molar-refractivity contribution in [2.75, 3.05) is 11.1 Å². The van der Waals surface area contributed by atoms with Crippen LogP contribution in [-0.2, 0) is 6.54 Å². The fraction of sp³-hybridized carbons (Fsp3) is 0.154. The maximum atomic E-state index is 5.90. The molecular formula is C13H15N3. The smallest absolute Gasteiger partial charge is 0.0606 e. The van der Waals surface area contributed by atoms with E-state index in [0.717, 1.165) is 22.6 Å².